The molecular formula is C15H29Cl2N3O2. The molecule has 0 aromatic carbocycles. The summed E-state index contributed by atoms with van der Waals surface area (Å²) < 4.78 is 5.37. The highest BCUT2D eigenvalue weighted by atomic mass is 35.5. The number of carbonyl (C=O) groups excluding carboxylic acids is 1. The first-order valence-corrected chi connectivity index (χ1v) is 8.04. The molecule has 1 amide bonds. The van der Waals surface area contributed by atoms with Gasteiger partial charge in [0.1, 0.15) is 0 Å². The van der Waals surface area contributed by atoms with Crippen molar-refractivity contribution >= 4 is 30.7 Å². The van der Waals surface area contributed by atoms with Crippen molar-refractivity contribution in [1.29, 1.82) is 0 Å². The summed E-state index contributed by atoms with van der Waals surface area (Å²) in [4.78, 5) is 17.3. The van der Waals surface area contributed by atoms with Gasteiger partial charge < -0.3 is 15.4 Å². The molecule has 3 aliphatic rings. The summed E-state index contributed by atoms with van der Waals surface area (Å²) in [6.07, 6.45) is 4.34. The highest BCUT2D eigenvalue weighted by Crippen LogP contribution is 2.26. The predicted octanol–water partition coefficient (Wildman–Crippen LogP) is 1.28. The zero-order chi connectivity index (χ0) is 14.1. The van der Waals surface area contributed by atoms with Gasteiger partial charge in [0.25, 0.3) is 0 Å². The third-order valence-electron chi connectivity index (χ3n) is 5.28. The second-order valence-corrected chi connectivity index (χ2v) is 6.61. The van der Waals surface area contributed by atoms with Crippen molar-refractivity contribution in [3.63, 3.8) is 0 Å². The average Bonchev–Trinajstić information content (AvgIpc) is 2.93. The minimum absolute atomic E-state index is 0. The molecule has 0 spiro atoms. The standard InChI is InChI=1S/C15H27N3O2.2ClH/c1-11-9-17-6-2-3-13(17)10-18(11)15(19)14(16)12-4-7-20-8-5-12;;/h11-14H,2-10,16H2,1H3;2*1H. The molecule has 5 nitrogen and oxygen atoms in total. The Morgan fingerprint density at radius 2 is 1.86 bits per heavy atom. The monoisotopic (exact) mass is 353 g/mol. The van der Waals surface area contributed by atoms with Crippen molar-refractivity contribution in [2.45, 2.75) is 50.7 Å². The number of carbonyl (C=O) groups is 1. The smallest absolute Gasteiger partial charge is 0.240 e. The Balaban J connectivity index is 0.00000121. The van der Waals surface area contributed by atoms with Crippen LogP contribution in [-0.4, -0.2) is 66.7 Å². The first-order valence-electron chi connectivity index (χ1n) is 8.04. The van der Waals surface area contributed by atoms with Crippen molar-refractivity contribution in [3.8, 4) is 0 Å². The molecule has 3 rings (SSSR count). The molecular weight excluding hydrogens is 325 g/mol. The molecule has 0 saturated carbocycles. The lowest BCUT2D eigenvalue weighted by Crippen LogP contribution is -2.60. The lowest BCUT2D eigenvalue weighted by Gasteiger charge is -2.44. The van der Waals surface area contributed by atoms with Gasteiger partial charge in [0.2, 0.25) is 5.91 Å². The Hall–Kier alpha value is -0.0700. The minimum Gasteiger partial charge on any atom is -0.381 e. The van der Waals surface area contributed by atoms with Gasteiger partial charge in [-0.1, -0.05) is 0 Å². The topological polar surface area (TPSA) is 58.8 Å². The van der Waals surface area contributed by atoms with Gasteiger partial charge in [0, 0.05) is 38.4 Å². The number of fused-ring (bicyclic) bond motifs is 1. The molecule has 3 heterocycles. The largest absolute Gasteiger partial charge is 0.381 e. The molecule has 3 unspecified atom stereocenters. The van der Waals surface area contributed by atoms with E-state index in [1.165, 1.54) is 19.4 Å². The molecule has 3 saturated heterocycles. The van der Waals surface area contributed by atoms with Crippen LogP contribution in [0.4, 0.5) is 0 Å². The van der Waals surface area contributed by atoms with E-state index in [-0.39, 0.29) is 36.8 Å². The lowest BCUT2D eigenvalue weighted by atomic mass is 9.90. The van der Waals surface area contributed by atoms with Gasteiger partial charge in [-0.2, -0.15) is 0 Å². The van der Waals surface area contributed by atoms with Crippen molar-refractivity contribution in [1.82, 2.24) is 9.80 Å². The van der Waals surface area contributed by atoms with E-state index in [4.69, 9.17) is 10.5 Å². The number of amides is 1. The molecule has 130 valence electrons. The maximum Gasteiger partial charge on any atom is 0.240 e. The van der Waals surface area contributed by atoms with Crippen LogP contribution in [0.15, 0.2) is 0 Å². The molecule has 7 heteroatoms. The number of halogens is 2. The quantitative estimate of drug-likeness (QED) is 0.812. The van der Waals surface area contributed by atoms with Gasteiger partial charge in [-0.15, -0.1) is 24.8 Å². The number of hydrogen-bond acceptors (Lipinski definition) is 4. The summed E-state index contributed by atoms with van der Waals surface area (Å²) in [5.41, 5.74) is 6.26. The maximum absolute atomic E-state index is 12.7. The highest BCUT2D eigenvalue weighted by Gasteiger charge is 2.39. The summed E-state index contributed by atoms with van der Waals surface area (Å²) >= 11 is 0. The molecule has 0 aromatic rings. The Labute approximate surface area is 145 Å². The van der Waals surface area contributed by atoms with Crippen LogP contribution < -0.4 is 5.73 Å². The van der Waals surface area contributed by atoms with Crippen LogP contribution in [0.25, 0.3) is 0 Å². The van der Waals surface area contributed by atoms with Crippen molar-refractivity contribution in [2.75, 3.05) is 32.8 Å². The maximum atomic E-state index is 12.7. The minimum atomic E-state index is -0.339. The van der Waals surface area contributed by atoms with Gasteiger partial charge in [0.15, 0.2) is 0 Å². The van der Waals surface area contributed by atoms with Crippen molar-refractivity contribution < 1.29 is 9.53 Å². The molecule has 3 atom stereocenters. The van der Waals surface area contributed by atoms with Crippen LogP contribution >= 0.6 is 24.8 Å². The Kier molecular flexibility index (Phi) is 7.89. The predicted molar refractivity (Wildman–Crippen MR) is 91.8 cm³/mol. The van der Waals surface area contributed by atoms with Gasteiger partial charge in [0.05, 0.1) is 6.04 Å². The second-order valence-electron chi connectivity index (χ2n) is 6.61. The van der Waals surface area contributed by atoms with Crippen molar-refractivity contribution in [3.05, 3.63) is 0 Å². The summed E-state index contributed by atoms with van der Waals surface area (Å²) in [5, 5.41) is 0. The van der Waals surface area contributed by atoms with Crippen LogP contribution in [0.3, 0.4) is 0 Å². The normalized spacial score (nSPS) is 30.9. The number of piperazine rings is 1. The van der Waals surface area contributed by atoms with Gasteiger partial charge in [-0.3, -0.25) is 9.69 Å². The first kappa shape index (κ1) is 20.0. The van der Waals surface area contributed by atoms with E-state index in [0.29, 0.717) is 18.0 Å². The molecule has 22 heavy (non-hydrogen) atoms. The fourth-order valence-electron chi connectivity index (χ4n) is 3.96. The van der Waals surface area contributed by atoms with E-state index in [1.54, 1.807) is 0 Å². The number of rotatable bonds is 2. The summed E-state index contributed by atoms with van der Waals surface area (Å²) in [5.74, 6) is 0.459. The molecule has 0 bridgehead atoms. The fraction of sp³-hybridized carbons (Fsp3) is 0.933. The average molecular weight is 354 g/mol. The number of hydrogen-bond donors (Lipinski definition) is 1. The lowest BCUT2D eigenvalue weighted by molar-refractivity contribution is -0.140. The molecule has 0 aliphatic carbocycles. The third-order valence-corrected chi connectivity index (χ3v) is 5.28. The summed E-state index contributed by atoms with van der Waals surface area (Å²) in [6, 6.07) is 0.522. The van der Waals surface area contributed by atoms with E-state index in [0.717, 1.165) is 39.1 Å². The number of nitrogens with zero attached hydrogens (tertiary/aromatic N) is 2. The fourth-order valence-corrected chi connectivity index (χ4v) is 3.96. The third kappa shape index (κ3) is 4.06. The van der Waals surface area contributed by atoms with Crippen LogP contribution in [-0.2, 0) is 9.53 Å². The highest BCUT2D eigenvalue weighted by molar-refractivity contribution is 5.85. The summed E-state index contributed by atoms with van der Waals surface area (Å²) in [6.45, 7) is 6.73. The van der Waals surface area contributed by atoms with Gasteiger partial charge >= 0.3 is 0 Å². The van der Waals surface area contributed by atoms with Gasteiger partial charge in [-0.05, 0) is 45.1 Å². The first-order chi connectivity index (χ1) is 9.66. The SMILES string of the molecule is CC1CN2CCCC2CN1C(=O)C(N)C1CCOCC1.Cl.Cl. The molecule has 3 aliphatic heterocycles. The Morgan fingerprint density at radius 3 is 2.55 bits per heavy atom. The van der Waals surface area contributed by atoms with Gasteiger partial charge in [-0.25, -0.2) is 0 Å². The van der Waals surface area contributed by atoms with E-state index < -0.39 is 0 Å². The van der Waals surface area contributed by atoms with E-state index >= 15 is 0 Å². The molecule has 2 N–H and O–H groups in total. The summed E-state index contributed by atoms with van der Waals surface area (Å²) in [7, 11) is 0. The Morgan fingerprint density at radius 1 is 1.18 bits per heavy atom. The van der Waals surface area contributed by atoms with Crippen LogP contribution in [0.2, 0.25) is 0 Å². The zero-order valence-corrected chi connectivity index (χ0v) is 14.9. The van der Waals surface area contributed by atoms with E-state index in [2.05, 4.69) is 11.8 Å². The number of ether oxygens (including phenoxy) is 1. The van der Waals surface area contributed by atoms with E-state index in [9.17, 15) is 4.79 Å². The van der Waals surface area contributed by atoms with Crippen LogP contribution in [0, 0.1) is 5.92 Å². The Bertz CT molecular complexity index is 367. The zero-order valence-electron chi connectivity index (χ0n) is 13.3. The molecule has 3 fully saturated rings. The van der Waals surface area contributed by atoms with Crippen LogP contribution in [0.1, 0.15) is 32.6 Å². The van der Waals surface area contributed by atoms with Crippen LogP contribution in [0.5, 0.6) is 0 Å². The van der Waals surface area contributed by atoms with Crippen molar-refractivity contribution in [2.24, 2.45) is 11.7 Å². The molecule has 0 radical (unpaired) electrons. The number of nitrogens with two attached hydrogens (primary N) is 1. The second kappa shape index (κ2) is 8.69. The van der Waals surface area contributed by atoms with E-state index in [1.807, 2.05) is 4.90 Å². The molecule has 0 aromatic heterocycles.